The number of aromatic nitrogens is 2. The Morgan fingerprint density at radius 1 is 1.07 bits per heavy atom. The van der Waals surface area contributed by atoms with E-state index in [1.807, 2.05) is 24.8 Å². The number of likely N-dealkylation sites (tertiary alicyclic amines) is 2. The van der Waals surface area contributed by atoms with Gasteiger partial charge >= 0.3 is 6.18 Å². The number of hydrogen-bond donors (Lipinski definition) is 1. The Kier molecular flexibility index (Phi) is 7.87. The lowest BCUT2D eigenvalue weighted by Gasteiger charge is -2.43. The monoisotopic (exact) mass is 561 g/mol. The van der Waals surface area contributed by atoms with E-state index in [1.54, 1.807) is 6.07 Å². The third-order valence-corrected chi connectivity index (χ3v) is 9.04. The normalized spacial score (nSPS) is 24.3. The summed E-state index contributed by atoms with van der Waals surface area (Å²) in [5.41, 5.74) is 2.33. The molecule has 1 N–H and O–H groups in total. The Balaban J connectivity index is 1.21. The van der Waals surface area contributed by atoms with Crippen LogP contribution in [0.3, 0.4) is 0 Å². The molecule has 0 spiro atoms. The summed E-state index contributed by atoms with van der Waals surface area (Å²) in [6.45, 7) is 5.34. The summed E-state index contributed by atoms with van der Waals surface area (Å²) in [6.07, 6.45) is -1.09. The van der Waals surface area contributed by atoms with E-state index in [0.29, 0.717) is 48.8 Å². The predicted molar refractivity (Wildman–Crippen MR) is 140 cm³/mol. The van der Waals surface area contributed by atoms with Gasteiger partial charge in [-0.1, -0.05) is 12.1 Å². The molecule has 3 aliphatic heterocycles. The van der Waals surface area contributed by atoms with Crippen LogP contribution in [0, 0.1) is 25.6 Å². The highest BCUT2D eigenvalue weighted by Gasteiger charge is 2.45. The van der Waals surface area contributed by atoms with Crippen LogP contribution in [-0.2, 0) is 10.2 Å². The van der Waals surface area contributed by atoms with E-state index in [-0.39, 0.29) is 36.9 Å². The third-order valence-electron chi connectivity index (χ3n) is 9.04. The van der Waals surface area contributed by atoms with Crippen LogP contribution in [-0.4, -0.2) is 76.0 Å². The van der Waals surface area contributed by atoms with Crippen LogP contribution in [0.5, 0.6) is 0 Å². The van der Waals surface area contributed by atoms with E-state index in [4.69, 9.17) is 0 Å². The van der Waals surface area contributed by atoms with Gasteiger partial charge in [-0.25, -0.2) is 14.4 Å². The van der Waals surface area contributed by atoms with Crippen molar-refractivity contribution in [3.05, 3.63) is 58.9 Å². The van der Waals surface area contributed by atoms with Gasteiger partial charge in [-0.2, -0.15) is 13.2 Å². The lowest BCUT2D eigenvalue weighted by Crippen LogP contribution is -2.46. The number of carbonyl (C=O) groups excluding carboxylic acids is 2. The van der Waals surface area contributed by atoms with E-state index >= 15 is 0 Å². The van der Waals surface area contributed by atoms with Crippen molar-refractivity contribution in [2.75, 3.05) is 26.2 Å². The molecule has 1 aromatic heterocycles. The second-order valence-electron chi connectivity index (χ2n) is 11.6. The molecule has 0 radical (unpaired) electrons. The van der Waals surface area contributed by atoms with E-state index < -0.39 is 23.9 Å². The van der Waals surface area contributed by atoms with Gasteiger partial charge in [0.1, 0.15) is 18.6 Å². The minimum atomic E-state index is -4.53. The van der Waals surface area contributed by atoms with E-state index in [0.717, 1.165) is 24.8 Å². The molecule has 0 bridgehead atoms. The highest BCUT2D eigenvalue weighted by Crippen LogP contribution is 2.42. The first kappa shape index (κ1) is 28.4. The van der Waals surface area contributed by atoms with Crippen LogP contribution in [0.1, 0.15) is 65.8 Å². The van der Waals surface area contributed by atoms with Crippen molar-refractivity contribution >= 4 is 11.8 Å². The van der Waals surface area contributed by atoms with E-state index in [2.05, 4.69) is 15.3 Å². The molecule has 3 unspecified atom stereocenters. The molecule has 4 heterocycles. The number of carbonyl (C=O) groups is 2. The maximum Gasteiger partial charge on any atom is 0.397 e. The number of piperidine rings is 1. The maximum absolute atomic E-state index is 14.2. The maximum atomic E-state index is 14.2. The number of aryl methyl sites for hydroxylation is 2. The number of nitrogens with one attached hydrogen (secondary N) is 1. The fourth-order valence-electron chi connectivity index (χ4n) is 6.88. The van der Waals surface area contributed by atoms with Crippen molar-refractivity contribution in [3.8, 4) is 0 Å². The van der Waals surface area contributed by atoms with Gasteiger partial charge < -0.3 is 15.1 Å². The highest BCUT2D eigenvalue weighted by molar-refractivity contribution is 5.96. The zero-order valence-corrected chi connectivity index (χ0v) is 22.8. The molecule has 2 aromatic rings. The molecule has 40 heavy (non-hydrogen) atoms. The lowest BCUT2D eigenvalue weighted by molar-refractivity contribution is -0.162. The minimum Gasteiger partial charge on any atom is -0.342 e. The van der Waals surface area contributed by atoms with Gasteiger partial charge in [-0.3, -0.25) is 9.59 Å². The van der Waals surface area contributed by atoms with Gasteiger partial charge in [0.15, 0.2) is 0 Å². The molecule has 3 saturated heterocycles. The van der Waals surface area contributed by atoms with Gasteiger partial charge in [0.25, 0.3) is 5.91 Å². The number of hydrogen-bond acceptors (Lipinski definition) is 5. The molecule has 5 rings (SSSR count). The van der Waals surface area contributed by atoms with Crippen LogP contribution < -0.4 is 5.32 Å². The lowest BCUT2D eigenvalue weighted by atomic mass is 9.69. The number of nitrogens with zero attached hydrogens (tertiary/aromatic N) is 4. The topological polar surface area (TPSA) is 78.4 Å². The van der Waals surface area contributed by atoms with Gasteiger partial charge in [-0.05, 0) is 75.0 Å². The van der Waals surface area contributed by atoms with Crippen molar-refractivity contribution < 1.29 is 27.2 Å². The fraction of sp³-hybridized carbons (Fsp3) is 0.586. The van der Waals surface area contributed by atoms with Gasteiger partial charge in [-0.15, -0.1) is 0 Å². The smallest absolute Gasteiger partial charge is 0.342 e. The Labute approximate surface area is 231 Å². The van der Waals surface area contributed by atoms with Crippen LogP contribution in [0.4, 0.5) is 17.6 Å². The van der Waals surface area contributed by atoms with Crippen molar-refractivity contribution in [2.45, 2.75) is 76.0 Å². The molecule has 7 nitrogen and oxygen atoms in total. The summed E-state index contributed by atoms with van der Waals surface area (Å²) in [5.74, 6) is -0.969. The van der Waals surface area contributed by atoms with Gasteiger partial charge in [0.05, 0.1) is 17.0 Å². The number of benzene rings is 1. The minimum absolute atomic E-state index is 0.0414. The second kappa shape index (κ2) is 11.1. The Morgan fingerprint density at radius 2 is 1.77 bits per heavy atom. The quantitative estimate of drug-likeness (QED) is 0.532. The molecule has 2 amide bonds. The van der Waals surface area contributed by atoms with Crippen LogP contribution in [0.25, 0.3) is 0 Å². The summed E-state index contributed by atoms with van der Waals surface area (Å²) in [7, 11) is 0. The van der Waals surface area contributed by atoms with Crippen LogP contribution in [0.15, 0.2) is 30.6 Å². The number of alkyl halides is 3. The summed E-state index contributed by atoms with van der Waals surface area (Å²) >= 11 is 0. The summed E-state index contributed by atoms with van der Waals surface area (Å²) in [6, 6.07) is 6.87. The second-order valence-corrected chi connectivity index (χ2v) is 11.6. The van der Waals surface area contributed by atoms with E-state index in [1.165, 1.54) is 23.4 Å². The Morgan fingerprint density at radius 3 is 2.40 bits per heavy atom. The summed E-state index contributed by atoms with van der Waals surface area (Å²) in [4.78, 5) is 36.9. The van der Waals surface area contributed by atoms with Crippen LogP contribution in [0.2, 0.25) is 0 Å². The zero-order chi connectivity index (χ0) is 28.7. The number of halogens is 4. The number of fused-ring (bicyclic) bond motifs is 1. The molecular weight excluding hydrogens is 526 g/mol. The molecule has 1 aromatic carbocycles. The number of rotatable bonds is 6. The van der Waals surface area contributed by atoms with E-state index in [9.17, 15) is 27.2 Å². The van der Waals surface area contributed by atoms with Crippen LogP contribution >= 0.6 is 0 Å². The molecule has 0 saturated carbocycles. The molecule has 3 atom stereocenters. The molecule has 216 valence electrons. The Bertz CT molecular complexity index is 1230. The van der Waals surface area contributed by atoms with Crippen molar-refractivity contribution in [1.82, 2.24) is 25.1 Å². The van der Waals surface area contributed by atoms with Crippen molar-refractivity contribution in [2.24, 2.45) is 5.92 Å². The fourth-order valence-corrected chi connectivity index (χ4v) is 6.88. The van der Waals surface area contributed by atoms with Gasteiger partial charge in [0, 0.05) is 38.3 Å². The SMILES string of the molecule is Cc1ncnc(C)c1C(=O)N1CC2CC(CCC3(c4cccc(F)c4)CCN(C(=O)CC(F)(F)F)CC3)NC2C1. The average molecular weight is 562 g/mol. The molecule has 11 heteroatoms. The van der Waals surface area contributed by atoms with Crippen molar-refractivity contribution in [3.63, 3.8) is 0 Å². The first-order chi connectivity index (χ1) is 18.9. The van der Waals surface area contributed by atoms with Crippen molar-refractivity contribution in [1.29, 1.82) is 0 Å². The Hall–Kier alpha value is -3.08. The molecular formula is C29H35F4N5O2. The highest BCUT2D eigenvalue weighted by atomic mass is 19.4. The number of amides is 2. The predicted octanol–water partition coefficient (Wildman–Crippen LogP) is 4.33. The molecule has 3 aliphatic rings. The summed E-state index contributed by atoms with van der Waals surface area (Å²) in [5, 5.41) is 3.70. The average Bonchev–Trinajstić information content (AvgIpc) is 3.46. The molecule has 3 fully saturated rings. The largest absolute Gasteiger partial charge is 0.397 e. The summed E-state index contributed by atoms with van der Waals surface area (Å²) < 4.78 is 52.6. The first-order valence-electron chi connectivity index (χ1n) is 13.9. The third kappa shape index (κ3) is 5.99. The van der Waals surface area contributed by atoms with Gasteiger partial charge in [0.2, 0.25) is 5.91 Å². The standard InChI is InChI=1S/C29H35F4N5O2/c1-18-26(19(2)35-17-34-18)27(40)38-15-20-12-23(36-24(20)16-38)6-7-28(21-4-3-5-22(30)13-21)8-10-37(11-9-28)25(39)14-29(31,32)33/h3-5,13,17,20,23-24,36H,6-12,14-16H2,1-2H3. The first-order valence-corrected chi connectivity index (χ1v) is 13.9. The zero-order valence-electron chi connectivity index (χ0n) is 22.8. The molecule has 0 aliphatic carbocycles.